The molecular weight excluding hydrogens is 497 g/mol. The SMILES string of the molecule is O=C(Nc1ccn(Cc2c(F)cccc2Cl)n1)c1cccc(COc2ccc(Br)cc2)c1. The molecule has 8 heteroatoms. The normalized spacial score (nSPS) is 10.7. The summed E-state index contributed by atoms with van der Waals surface area (Å²) in [6.45, 7) is 0.491. The number of halogens is 3. The number of hydrogen-bond donors (Lipinski definition) is 1. The predicted octanol–water partition coefficient (Wildman–Crippen LogP) is 6.32. The molecule has 0 fully saturated rings. The van der Waals surface area contributed by atoms with E-state index >= 15 is 0 Å². The van der Waals surface area contributed by atoms with Gasteiger partial charge in [0.25, 0.3) is 5.91 Å². The van der Waals surface area contributed by atoms with E-state index in [1.54, 1.807) is 42.6 Å². The lowest BCUT2D eigenvalue weighted by molar-refractivity contribution is 0.102. The number of nitrogens with zero attached hydrogens (tertiary/aromatic N) is 2. The van der Waals surface area contributed by atoms with Crippen LogP contribution in [-0.4, -0.2) is 15.7 Å². The van der Waals surface area contributed by atoms with E-state index in [0.717, 1.165) is 15.8 Å². The summed E-state index contributed by atoms with van der Waals surface area (Å²) in [5, 5.41) is 7.37. The van der Waals surface area contributed by atoms with Crippen LogP contribution in [0.15, 0.2) is 83.5 Å². The Balaban J connectivity index is 1.39. The molecule has 0 aliphatic carbocycles. The van der Waals surface area contributed by atoms with Gasteiger partial charge in [-0.1, -0.05) is 45.7 Å². The lowest BCUT2D eigenvalue weighted by Crippen LogP contribution is -2.13. The van der Waals surface area contributed by atoms with Gasteiger partial charge >= 0.3 is 0 Å². The van der Waals surface area contributed by atoms with Crippen LogP contribution >= 0.6 is 27.5 Å². The zero-order valence-corrected chi connectivity index (χ0v) is 19.1. The molecule has 0 atom stereocenters. The third-order valence-corrected chi connectivity index (χ3v) is 5.56. The van der Waals surface area contributed by atoms with Crippen LogP contribution in [0.2, 0.25) is 5.02 Å². The van der Waals surface area contributed by atoms with Crippen molar-refractivity contribution in [2.75, 3.05) is 5.32 Å². The number of aromatic nitrogens is 2. The molecule has 162 valence electrons. The van der Waals surface area contributed by atoms with Gasteiger partial charge in [-0.3, -0.25) is 9.48 Å². The summed E-state index contributed by atoms with van der Waals surface area (Å²) in [6.07, 6.45) is 1.65. The van der Waals surface area contributed by atoms with Gasteiger partial charge in [0.1, 0.15) is 18.2 Å². The van der Waals surface area contributed by atoms with E-state index in [0.29, 0.717) is 28.6 Å². The van der Waals surface area contributed by atoms with Crippen molar-refractivity contribution in [1.82, 2.24) is 9.78 Å². The number of carbonyl (C=O) groups is 1. The molecule has 1 aromatic heterocycles. The number of carbonyl (C=O) groups excluding carboxylic acids is 1. The highest BCUT2D eigenvalue weighted by molar-refractivity contribution is 9.10. The first-order valence-corrected chi connectivity index (χ1v) is 10.9. The summed E-state index contributed by atoms with van der Waals surface area (Å²) in [5.74, 6) is 0.396. The van der Waals surface area contributed by atoms with Crippen LogP contribution in [0, 0.1) is 5.82 Å². The first-order valence-electron chi connectivity index (χ1n) is 9.73. The quantitative estimate of drug-likeness (QED) is 0.314. The lowest BCUT2D eigenvalue weighted by Gasteiger charge is -2.08. The third kappa shape index (κ3) is 5.55. The van der Waals surface area contributed by atoms with E-state index < -0.39 is 5.82 Å². The summed E-state index contributed by atoms with van der Waals surface area (Å²) in [4.78, 5) is 12.7. The largest absolute Gasteiger partial charge is 0.489 e. The molecule has 5 nitrogen and oxygen atoms in total. The summed E-state index contributed by atoms with van der Waals surface area (Å²) in [6, 6.07) is 20.9. The van der Waals surface area contributed by atoms with Gasteiger partial charge in [-0.2, -0.15) is 5.10 Å². The molecule has 1 amide bonds. The highest BCUT2D eigenvalue weighted by Gasteiger charge is 2.11. The number of rotatable bonds is 7. The van der Waals surface area contributed by atoms with Crippen molar-refractivity contribution in [3.8, 4) is 5.75 Å². The molecule has 0 spiro atoms. The van der Waals surface area contributed by atoms with Crippen LogP contribution in [0.4, 0.5) is 10.2 Å². The topological polar surface area (TPSA) is 56.2 Å². The highest BCUT2D eigenvalue weighted by atomic mass is 79.9. The van der Waals surface area contributed by atoms with Crippen molar-refractivity contribution in [3.05, 3.63) is 111 Å². The molecule has 1 N–H and O–H groups in total. The van der Waals surface area contributed by atoms with Crippen LogP contribution in [0.5, 0.6) is 5.75 Å². The van der Waals surface area contributed by atoms with E-state index in [-0.39, 0.29) is 12.5 Å². The molecule has 0 unspecified atom stereocenters. The summed E-state index contributed by atoms with van der Waals surface area (Å²) in [5.41, 5.74) is 1.68. The van der Waals surface area contributed by atoms with Crippen LogP contribution in [0.25, 0.3) is 0 Å². The van der Waals surface area contributed by atoms with E-state index in [1.165, 1.54) is 10.7 Å². The second-order valence-corrected chi connectivity index (χ2v) is 8.32. The molecule has 0 saturated heterocycles. The van der Waals surface area contributed by atoms with Crippen molar-refractivity contribution in [1.29, 1.82) is 0 Å². The molecule has 0 radical (unpaired) electrons. The molecule has 3 aromatic carbocycles. The lowest BCUT2D eigenvalue weighted by atomic mass is 10.1. The average Bonchev–Trinajstić information content (AvgIpc) is 3.23. The minimum Gasteiger partial charge on any atom is -0.489 e. The zero-order valence-electron chi connectivity index (χ0n) is 16.8. The highest BCUT2D eigenvalue weighted by Crippen LogP contribution is 2.21. The van der Waals surface area contributed by atoms with E-state index in [9.17, 15) is 9.18 Å². The van der Waals surface area contributed by atoms with Gasteiger partial charge in [-0.25, -0.2) is 4.39 Å². The Morgan fingerprint density at radius 1 is 1.09 bits per heavy atom. The minimum absolute atomic E-state index is 0.157. The number of ether oxygens (including phenoxy) is 1. The molecule has 0 aliphatic heterocycles. The predicted molar refractivity (Wildman–Crippen MR) is 126 cm³/mol. The Kier molecular flexibility index (Phi) is 6.87. The monoisotopic (exact) mass is 513 g/mol. The fraction of sp³-hybridized carbons (Fsp3) is 0.0833. The Morgan fingerprint density at radius 2 is 1.88 bits per heavy atom. The van der Waals surface area contributed by atoms with Gasteiger partial charge in [0.2, 0.25) is 0 Å². The maximum atomic E-state index is 14.0. The van der Waals surface area contributed by atoms with Crippen molar-refractivity contribution >= 4 is 39.3 Å². The molecule has 0 aliphatic rings. The van der Waals surface area contributed by atoms with Gasteiger partial charge < -0.3 is 10.1 Å². The number of benzene rings is 3. The Morgan fingerprint density at radius 3 is 2.66 bits per heavy atom. The Labute approximate surface area is 197 Å². The van der Waals surface area contributed by atoms with Gasteiger partial charge in [0.05, 0.1) is 6.54 Å². The summed E-state index contributed by atoms with van der Waals surface area (Å²) in [7, 11) is 0. The first-order chi connectivity index (χ1) is 15.5. The Bertz CT molecular complexity index is 1220. The standard InChI is InChI=1S/C24H18BrClFN3O2/c25-18-7-9-19(10-8-18)32-15-16-3-1-4-17(13-16)24(31)28-23-11-12-30(29-23)14-20-21(26)5-2-6-22(20)27/h1-13H,14-15H2,(H,28,29,31). The number of amides is 1. The summed E-state index contributed by atoms with van der Waals surface area (Å²) < 4.78 is 22.3. The van der Waals surface area contributed by atoms with E-state index in [2.05, 4.69) is 26.3 Å². The molecule has 1 heterocycles. The number of anilines is 1. The van der Waals surface area contributed by atoms with Crippen molar-refractivity contribution in [2.45, 2.75) is 13.2 Å². The third-order valence-electron chi connectivity index (χ3n) is 4.67. The second kappa shape index (κ2) is 9.97. The maximum absolute atomic E-state index is 14.0. The number of nitrogens with one attached hydrogen (secondary N) is 1. The minimum atomic E-state index is -0.402. The first kappa shape index (κ1) is 22.0. The van der Waals surface area contributed by atoms with Crippen molar-refractivity contribution in [3.63, 3.8) is 0 Å². The van der Waals surface area contributed by atoms with Gasteiger partial charge in [-0.05, 0) is 54.1 Å². The summed E-state index contributed by atoms with van der Waals surface area (Å²) >= 11 is 9.46. The van der Waals surface area contributed by atoms with Gasteiger partial charge in [0.15, 0.2) is 5.82 Å². The Hall–Kier alpha value is -3.16. The van der Waals surface area contributed by atoms with Gasteiger partial charge in [0, 0.05) is 32.9 Å². The molecule has 0 saturated carbocycles. The second-order valence-electron chi connectivity index (χ2n) is 7.00. The van der Waals surface area contributed by atoms with Crippen molar-refractivity contribution < 1.29 is 13.9 Å². The van der Waals surface area contributed by atoms with Crippen LogP contribution in [-0.2, 0) is 13.2 Å². The van der Waals surface area contributed by atoms with Crippen molar-refractivity contribution in [2.24, 2.45) is 0 Å². The maximum Gasteiger partial charge on any atom is 0.256 e. The fourth-order valence-electron chi connectivity index (χ4n) is 3.05. The molecule has 4 aromatic rings. The zero-order chi connectivity index (χ0) is 22.5. The fourth-order valence-corrected chi connectivity index (χ4v) is 3.54. The molecule has 32 heavy (non-hydrogen) atoms. The molecule has 4 rings (SSSR count). The molecular formula is C24H18BrClFN3O2. The van der Waals surface area contributed by atoms with Crippen LogP contribution < -0.4 is 10.1 Å². The van der Waals surface area contributed by atoms with E-state index in [4.69, 9.17) is 16.3 Å². The average molecular weight is 515 g/mol. The molecule has 0 bridgehead atoms. The number of hydrogen-bond acceptors (Lipinski definition) is 3. The van der Waals surface area contributed by atoms with Gasteiger partial charge in [-0.15, -0.1) is 0 Å². The van der Waals surface area contributed by atoms with Crippen LogP contribution in [0.1, 0.15) is 21.5 Å². The van der Waals surface area contributed by atoms with Crippen LogP contribution in [0.3, 0.4) is 0 Å². The van der Waals surface area contributed by atoms with E-state index in [1.807, 2.05) is 30.3 Å². The smallest absolute Gasteiger partial charge is 0.256 e.